The van der Waals surface area contributed by atoms with Gasteiger partial charge in [0, 0.05) is 5.56 Å². The molecule has 1 aromatic carbocycles. The molecule has 1 radical (unpaired) electrons. The maximum absolute atomic E-state index is 12.9. The van der Waals surface area contributed by atoms with E-state index in [9.17, 15) is 18.0 Å². The second-order valence-electron chi connectivity index (χ2n) is 4.88. The van der Waals surface area contributed by atoms with Crippen molar-refractivity contribution in [1.29, 1.82) is 0 Å². The lowest BCUT2D eigenvalue weighted by atomic mass is 10.0. The molecule has 2 nitrogen and oxygen atoms in total. The predicted molar refractivity (Wildman–Crippen MR) is 65.9 cm³/mol. The van der Waals surface area contributed by atoms with Crippen LogP contribution in [0.15, 0.2) is 34.7 Å². The summed E-state index contributed by atoms with van der Waals surface area (Å²) in [6, 6.07) is 6.79. The van der Waals surface area contributed by atoms with Crippen LogP contribution < -0.4 is 0 Å². The van der Waals surface area contributed by atoms with Crippen LogP contribution in [0, 0.1) is 0 Å². The van der Waals surface area contributed by atoms with Gasteiger partial charge in [-0.05, 0) is 54.7 Å². The Morgan fingerprint density at radius 3 is 2.45 bits per heavy atom. The minimum absolute atomic E-state index is 0.0228. The SMILES string of the molecule is O=[C]c1ccc(-c2cc(C3CC3)cc(C(F)(F)F)c2)o1. The summed E-state index contributed by atoms with van der Waals surface area (Å²) in [6.45, 7) is 0. The molecule has 0 aliphatic heterocycles. The van der Waals surface area contributed by atoms with E-state index in [1.807, 2.05) is 0 Å². The van der Waals surface area contributed by atoms with Crippen LogP contribution in [0.5, 0.6) is 0 Å². The van der Waals surface area contributed by atoms with E-state index in [1.54, 1.807) is 12.4 Å². The van der Waals surface area contributed by atoms with E-state index in [0.717, 1.165) is 18.9 Å². The van der Waals surface area contributed by atoms with Crippen molar-refractivity contribution in [3.63, 3.8) is 0 Å². The maximum Gasteiger partial charge on any atom is 0.416 e. The molecule has 3 rings (SSSR count). The standard InChI is InChI=1S/C15H10F3O2/c16-15(17,18)12-6-10(9-1-2-9)5-11(7-12)14-4-3-13(8-19)20-14/h3-7,9H,1-2H2. The second-order valence-corrected chi connectivity index (χ2v) is 4.88. The van der Waals surface area contributed by atoms with Gasteiger partial charge in [0.15, 0.2) is 5.76 Å². The van der Waals surface area contributed by atoms with E-state index in [2.05, 4.69) is 0 Å². The van der Waals surface area contributed by atoms with E-state index in [-0.39, 0.29) is 17.4 Å². The molecule has 0 N–H and O–H groups in total. The Morgan fingerprint density at radius 1 is 1.15 bits per heavy atom. The van der Waals surface area contributed by atoms with E-state index in [4.69, 9.17) is 4.42 Å². The number of rotatable bonds is 3. The molecule has 5 heteroatoms. The molecule has 103 valence electrons. The molecule has 1 saturated carbocycles. The van der Waals surface area contributed by atoms with Gasteiger partial charge in [-0.3, -0.25) is 4.79 Å². The molecule has 0 bridgehead atoms. The summed E-state index contributed by atoms with van der Waals surface area (Å²) in [5, 5.41) is 0. The van der Waals surface area contributed by atoms with Gasteiger partial charge in [0.2, 0.25) is 0 Å². The molecular weight excluding hydrogens is 269 g/mol. The first-order valence-corrected chi connectivity index (χ1v) is 6.18. The van der Waals surface area contributed by atoms with E-state index in [1.165, 1.54) is 18.2 Å². The highest BCUT2D eigenvalue weighted by Crippen LogP contribution is 2.43. The zero-order valence-electron chi connectivity index (χ0n) is 10.3. The number of carbonyl (C=O) groups excluding carboxylic acids is 1. The van der Waals surface area contributed by atoms with Crippen LogP contribution in [0.4, 0.5) is 13.2 Å². The summed E-state index contributed by atoms with van der Waals surface area (Å²) in [4.78, 5) is 10.5. The van der Waals surface area contributed by atoms with Gasteiger partial charge in [-0.2, -0.15) is 13.2 Å². The van der Waals surface area contributed by atoms with Gasteiger partial charge >= 0.3 is 6.18 Å². The van der Waals surface area contributed by atoms with Crippen molar-refractivity contribution >= 4 is 6.29 Å². The molecule has 1 aliphatic carbocycles. The van der Waals surface area contributed by atoms with Crippen molar-refractivity contribution in [3.05, 3.63) is 47.2 Å². The Labute approximate surface area is 113 Å². The molecule has 1 fully saturated rings. The van der Waals surface area contributed by atoms with Gasteiger partial charge in [0.1, 0.15) is 5.76 Å². The smallest absolute Gasteiger partial charge is 0.416 e. The lowest BCUT2D eigenvalue weighted by molar-refractivity contribution is -0.137. The third-order valence-corrected chi connectivity index (χ3v) is 3.32. The van der Waals surface area contributed by atoms with Gasteiger partial charge < -0.3 is 4.42 Å². The highest BCUT2D eigenvalue weighted by molar-refractivity contribution is 5.73. The lowest BCUT2D eigenvalue weighted by Gasteiger charge is -2.11. The highest BCUT2D eigenvalue weighted by Gasteiger charge is 2.33. The average Bonchev–Trinajstić information content (AvgIpc) is 3.15. The Kier molecular flexibility index (Phi) is 2.92. The number of alkyl halides is 3. The molecule has 1 aliphatic rings. The Balaban J connectivity index is 2.09. The summed E-state index contributed by atoms with van der Waals surface area (Å²) < 4.78 is 43.9. The normalized spacial score (nSPS) is 15.3. The lowest BCUT2D eigenvalue weighted by Crippen LogP contribution is -2.05. The van der Waals surface area contributed by atoms with Gasteiger partial charge in [-0.25, -0.2) is 0 Å². The summed E-state index contributed by atoms with van der Waals surface area (Å²) in [6.07, 6.45) is -1.01. The van der Waals surface area contributed by atoms with Crippen LogP contribution in [0.1, 0.15) is 35.6 Å². The summed E-state index contributed by atoms with van der Waals surface area (Å²) in [5.74, 6) is 0.421. The minimum Gasteiger partial charge on any atom is -0.452 e. The van der Waals surface area contributed by atoms with Crippen molar-refractivity contribution in [2.45, 2.75) is 24.9 Å². The highest BCUT2D eigenvalue weighted by atomic mass is 19.4. The second kappa shape index (κ2) is 4.51. The molecule has 20 heavy (non-hydrogen) atoms. The largest absolute Gasteiger partial charge is 0.452 e. The number of halogens is 3. The van der Waals surface area contributed by atoms with Crippen molar-refractivity contribution in [3.8, 4) is 11.3 Å². The van der Waals surface area contributed by atoms with Gasteiger partial charge in [0.05, 0.1) is 5.56 Å². The number of benzene rings is 1. The monoisotopic (exact) mass is 279 g/mol. The number of hydrogen-bond donors (Lipinski definition) is 0. The quantitative estimate of drug-likeness (QED) is 0.838. The zero-order chi connectivity index (χ0) is 14.3. The fraction of sp³-hybridized carbons (Fsp3) is 0.267. The molecular formula is C15H10F3O2. The zero-order valence-corrected chi connectivity index (χ0v) is 10.3. The van der Waals surface area contributed by atoms with Crippen molar-refractivity contribution < 1.29 is 22.4 Å². The first kappa shape index (κ1) is 13.0. The van der Waals surface area contributed by atoms with Crippen molar-refractivity contribution in [2.24, 2.45) is 0 Å². The predicted octanol–water partition coefficient (Wildman–Crippen LogP) is 4.30. The Hall–Kier alpha value is -2.04. The first-order chi connectivity index (χ1) is 9.47. The molecule has 0 amide bonds. The summed E-state index contributed by atoms with van der Waals surface area (Å²) >= 11 is 0. The number of furan rings is 1. The van der Waals surface area contributed by atoms with Crippen LogP contribution in [-0.4, -0.2) is 6.29 Å². The Bertz CT molecular complexity index is 651. The molecule has 0 spiro atoms. The third-order valence-electron chi connectivity index (χ3n) is 3.32. The first-order valence-electron chi connectivity index (χ1n) is 6.18. The van der Waals surface area contributed by atoms with Crippen LogP contribution in [-0.2, 0) is 11.0 Å². The molecule has 2 aromatic rings. The summed E-state index contributed by atoms with van der Waals surface area (Å²) in [7, 11) is 0. The molecule has 0 atom stereocenters. The van der Waals surface area contributed by atoms with E-state index >= 15 is 0 Å². The van der Waals surface area contributed by atoms with E-state index in [0.29, 0.717) is 11.1 Å². The summed E-state index contributed by atoms with van der Waals surface area (Å²) in [5.41, 5.74) is 0.316. The van der Waals surface area contributed by atoms with Crippen LogP contribution in [0.2, 0.25) is 0 Å². The average molecular weight is 279 g/mol. The fourth-order valence-electron chi connectivity index (χ4n) is 2.16. The Morgan fingerprint density at radius 2 is 1.90 bits per heavy atom. The van der Waals surface area contributed by atoms with Crippen LogP contribution in [0.25, 0.3) is 11.3 Å². The van der Waals surface area contributed by atoms with E-state index < -0.39 is 11.7 Å². The third kappa shape index (κ3) is 2.48. The minimum atomic E-state index is -4.40. The van der Waals surface area contributed by atoms with Crippen LogP contribution in [0.3, 0.4) is 0 Å². The van der Waals surface area contributed by atoms with Crippen molar-refractivity contribution in [1.82, 2.24) is 0 Å². The van der Waals surface area contributed by atoms with Gasteiger partial charge in [-0.15, -0.1) is 0 Å². The maximum atomic E-state index is 12.9. The van der Waals surface area contributed by atoms with Gasteiger partial charge in [-0.1, -0.05) is 0 Å². The molecule has 0 saturated heterocycles. The molecule has 0 unspecified atom stereocenters. The van der Waals surface area contributed by atoms with Crippen molar-refractivity contribution in [2.75, 3.05) is 0 Å². The number of hydrogen-bond acceptors (Lipinski definition) is 2. The molecule has 1 aromatic heterocycles. The fourth-order valence-corrected chi connectivity index (χ4v) is 2.16. The topological polar surface area (TPSA) is 30.2 Å². The van der Waals surface area contributed by atoms with Gasteiger partial charge in [0.25, 0.3) is 6.29 Å². The molecule has 1 heterocycles. The van der Waals surface area contributed by atoms with Crippen LogP contribution >= 0.6 is 0 Å².